The van der Waals surface area contributed by atoms with Gasteiger partial charge in [0.1, 0.15) is 5.82 Å². The van der Waals surface area contributed by atoms with E-state index in [1.54, 1.807) is 4.57 Å². The Kier molecular flexibility index (Phi) is 4.43. The molecule has 0 saturated carbocycles. The summed E-state index contributed by atoms with van der Waals surface area (Å²) >= 11 is 0. The van der Waals surface area contributed by atoms with Crippen LogP contribution in [0.1, 0.15) is 59.2 Å². The van der Waals surface area contributed by atoms with E-state index in [2.05, 4.69) is 17.1 Å². The van der Waals surface area contributed by atoms with E-state index in [4.69, 9.17) is 10.7 Å². The lowest BCUT2D eigenvalue weighted by Crippen LogP contribution is -2.27. The van der Waals surface area contributed by atoms with E-state index in [9.17, 15) is 8.42 Å². The van der Waals surface area contributed by atoms with Gasteiger partial charge in [0.25, 0.3) is 14.2 Å². The molecule has 0 bridgehead atoms. The highest BCUT2D eigenvalue weighted by molar-refractivity contribution is 8.13. The molecule has 0 saturated heterocycles. The molecule has 18 heavy (non-hydrogen) atoms. The Hall–Kier alpha value is -0.620. The van der Waals surface area contributed by atoms with E-state index in [0.29, 0.717) is 5.82 Å². The van der Waals surface area contributed by atoms with Gasteiger partial charge < -0.3 is 0 Å². The van der Waals surface area contributed by atoms with Crippen LogP contribution < -0.4 is 0 Å². The van der Waals surface area contributed by atoms with E-state index < -0.39 is 14.6 Å². The van der Waals surface area contributed by atoms with Crippen LogP contribution in [0.3, 0.4) is 0 Å². The molecule has 0 N–H and O–H groups in total. The third-order valence-corrected chi connectivity index (χ3v) is 3.82. The van der Waals surface area contributed by atoms with Crippen molar-refractivity contribution in [1.82, 2.24) is 14.8 Å². The lowest BCUT2D eigenvalue weighted by molar-refractivity contribution is 0.341. The summed E-state index contributed by atoms with van der Waals surface area (Å²) in [7, 11) is 1.53. The van der Waals surface area contributed by atoms with Crippen molar-refractivity contribution in [2.75, 3.05) is 0 Å². The zero-order valence-corrected chi connectivity index (χ0v) is 13.0. The number of hydrogen-bond donors (Lipinski definition) is 0. The zero-order valence-electron chi connectivity index (χ0n) is 11.4. The van der Waals surface area contributed by atoms with Crippen LogP contribution in [0.5, 0.6) is 0 Å². The summed E-state index contributed by atoms with van der Waals surface area (Å²) in [4.78, 5) is 0. The molecule has 0 aliphatic rings. The first kappa shape index (κ1) is 15.4. The highest BCUT2D eigenvalue weighted by Crippen LogP contribution is 2.29. The van der Waals surface area contributed by atoms with Crippen LogP contribution in [-0.2, 0) is 14.6 Å². The summed E-state index contributed by atoms with van der Waals surface area (Å²) in [6, 6.07) is 0. The minimum Gasteiger partial charge on any atom is -0.295 e. The average molecular weight is 294 g/mol. The molecular weight excluding hydrogens is 274 g/mol. The molecule has 0 aliphatic heterocycles. The predicted molar refractivity (Wildman–Crippen MR) is 71.4 cm³/mol. The molecule has 5 nitrogen and oxygen atoms in total. The van der Waals surface area contributed by atoms with Crippen molar-refractivity contribution in [3.8, 4) is 0 Å². The Balaban J connectivity index is 3.43. The fourth-order valence-electron chi connectivity index (χ4n) is 1.95. The smallest absolute Gasteiger partial charge is 0.295 e. The Bertz CT molecular complexity index is 517. The molecule has 1 atom stereocenters. The molecule has 1 aromatic heterocycles. The predicted octanol–water partition coefficient (Wildman–Crippen LogP) is 2.86. The molecule has 0 aromatic carbocycles. The second-order valence-corrected chi connectivity index (χ2v) is 7.93. The Labute approximate surface area is 113 Å². The summed E-state index contributed by atoms with van der Waals surface area (Å²) in [5.74, 6) is 0.817. The van der Waals surface area contributed by atoms with Crippen molar-refractivity contribution in [2.24, 2.45) is 0 Å². The average Bonchev–Trinajstić information content (AvgIpc) is 2.60. The normalized spacial score (nSPS) is 14.8. The van der Waals surface area contributed by atoms with E-state index in [1.807, 2.05) is 27.7 Å². The molecule has 0 fully saturated rings. The monoisotopic (exact) mass is 293 g/mol. The maximum atomic E-state index is 11.5. The zero-order chi connectivity index (χ0) is 14.1. The van der Waals surface area contributed by atoms with E-state index in [1.165, 1.54) is 0 Å². The van der Waals surface area contributed by atoms with Crippen molar-refractivity contribution in [1.29, 1.82) is 0 Å². The van der Waals surface area contributed by atoms with Gasteiger partial charge in [-0.2, -0.15) is 0 Å². The van der Waals surface area contributed by atoms with Crippen LogP contribution in [0.4, 0.5) is 0 Å². The molecule has 1 aromatic rings. The number of rotatable bonds is 4. The van der Waals surface area contributed by atoms with Crippen LogP contribution in [0.2, 0.25) is 0 Å². The van der Waals surface area contributed by atoms with Crippen molar-refractivity contribution >= 4 is 19.7 Å². The van der Waals surface area contributed by atoms with Gasteiger partial charge in [0.2, 0.25) is 0 Å². The van der Waals surface area contributed by atoms with Crippen LogP contribution in [0.15, 0.2) is 5.16 Å². The second-order valence-electron chi connectivity index (χ2n) is 5.47. The van der Waals surface area contributed by atoms with E-state index in [0.717, 1.165) is 12.8 Å². The quantitative estimate of drug-likeness (QED) is 0.801. The maximum Gasteiger partial charge on any atom is 0.296 e. The molecule has 7 heteroatoms. The van der Waals surface area contributed by atoms with Gasteiger partial charge in [0.05, 0.1) is 0 Å². The fourth-order valence-corrected chi connectivity index (χ4v) is 2.97. The third kappa shape index (κ3) is 3.23. The van der Waals surface area contributed by atoms with E-state index >= 15 is 0 Å². The Morgan fingerprint density at radius 2 is 1.89 bits per heavy atom. The molecule has 1 unspecified atom stereocenters. The second kappa shape index (κ2) is 5.17. The highest BCUT2D eigenvalue weighted by Gasteiger charge is 2.31. The summed E-state index contributed by atoms with van der Waals surface area (Å²) in [5.41, 5.74) is -0.432. The van der Waals surface area contributed by atoms with Gasteiger partial charge in [-0.05, 0) is 27.2 Å². The number of nitrogens with zero attached hydrogens (tertiary/aromatic N) is 3. The summed E-state index contributed by atoms with van der Waals surface area (Å²) in [6.45, 7) is 9.81. The van der Waals surface area contributed by atoms with Gasteiger partial charge in [-0.25, -0.2) is 8.42 Å². The minimum absolute atomic E-state index is 0.147. The lowest BCUT2D eigenvalue weighted by atomic mass is 10.0. The standard InChI is InChI=1S/C11H20ClN3O2S/c1-6-7-8(2)9-13-14-10(18(12,16)17)15(9)11(3,4)5/h8H,6-7H2,1-5H3. The first-order chi connectivity index (χ1) is 8.09. The van der Waals surface area contributed by atoms with Gasteiger partial charge >= 0.3 is 0 Å². The van der Waals surface area contributed by atoms with Crippen molar-refractivity contribution < 1.29 is 8.42 Å². The van der Waals surface area contributed by atoms with Gasteiger partial charge in [-0.3, -0.25) is 4.57 Å². The highest BCUT2D eigenvalue weighted by atomic mass is 35.7. The number of aromatic nitrogens is 3. The fraction of sp³-hybridized carbons (Fsp3) is 0.818. The number of hydrogen-bond acceptors (Lipinski definition) is 4. The summed E-state index contributed by atoms with van der Waals surface area (Å²) in [6.07, 6.45) is 1.93. The number of halogens is 1. The summed E-state index contributed by atoms with van der Waals surface area (Å²) < 4.78 is 24.7. The van der Waals surface area contributed by atoms with Crippen molar-refractivity contribution in [3.63, 3.8) is 0 Å². The molecule has 1 heterocycles. The largest absolute Gasteiger partial charge is 0.296 e. The first-order valence-corrected chi connectivity index (χ1v) is 8.30. The van der Waals surface area contributed by atoms with Gasteiger partial charge in [0.15, 0.2) is 0 Å². The van der Waals surface area contributed by atoms with Crippen molar-refractivity contribution in [2.45, 2.75) is 64.1 Å². The molecule has 104 valence electrons. The lowest BCUT2D eigenvalue weighted by Gasteiger charge is -2.25. The first-order valence-electron chi connectivity index (χ1n) is 5.99. The van der Waals surface area contributed by atoms with Crippen LogP contribution in [0, 0.1) is 0 Å². The molecule has 0 radical (unpaired) electrons. The third-order valence-electron chi connectivity index (χ3n) is 2.71. The Morgan fingerprint density at radius 3 is 2.28 bits per heavy atom. The van der Waals surface area contributed by atoms with Crippen molar-refractivity contribution in [3.05, 3.63) is 5.82 Å². The topological polar surface area (TPSA) is 64.8 Å². The van der Waals surface area contributed by atoms with Gasteiger partial charge in [0, 0.05) is 22.1 Å². The molecular formula is C11H20ClN3O2S. The van der Waals surface area contributed by atoms with Gasteiger partial charge in [-0.1, -0.05) is 20.3 Å². The van der Waals surface area contributed by atoms with Crippen LogP contribution >= 0.6 is 10.7 Å². The molecule has 0 aliphatic carbocycles. The van der Waals surface area contributed by atoms with Crippen LogP contribution in [0.25, 0.3) is 0 Å². The SMILES string of the molecule is CCCC(C)c1nnc(S(=O)(=O)Cl)n1C(C)(C)C. The minimum atomic E-state index is -3.88. The van der Waals surface area contributed by atoms with Crippen LogP contribution in [-0.4, -0.2) is 23.2 Å². The molecule has 1 rings (SSSR count). The maximum absolute atomic E-state index is 11.5. The van der Waals surface area contributed by atoms with E-state index in [-0.39, 0.29) is 11.1 Å². The summed E-state index contributed by atoms with van der Waals surface area (Å²) in [5, 5.41) is 7.60. The Morgan fingerprint density at radius 1 is 1.33 bits per heavy atom. The molecule has 0 amide bonds. The molecule has 0 spiro atoms. The van der Waals surface area contributed by atoms with Gasteiger partial charge in [-0.15, -0.1) is 10.2 Å².